The van der Waals surface area contributed by atoms with E-state index in [1.807, 2.05) is 60.5 Å². The Balaban J connectivity index is 1.16. The van der Waals surface area contributed by atoms with Gasteiger partial charge < -0.3 is 126 Å². The number of carbonyl (C=O) groups is 15. The number of esters is 2. The molecule has 0 saturated carbocycles. The first-order valence-corrected chi connectivity index (χ1v) is 49.3. The molecule has 3 fully saturated rings. The largest absolute Gasteiger partial charge is 0.473 e. The number of nitrogens with one attached hydrogen (secondary N) is 9. The Labute approximate surface area is 798 Å². The predicted molar refractivity (Wildman–Crippen MR) is 493 cm³/mol. The molecule has 2 aromatic rings. The van der Waals surface area contributed by atoms with Crippen LogP contribution >= 0.6 is 15.4 Å². The second kappa shape index (κ2) is 58.4. The molecule has 0 aromatic heterocycles. The van der Waals surface area contributed by atoms with E-state index in [9.17, 15) is 96.2 Å². The van der Waals surface area contributed by atoms with Gasteiger partial charge >= 0.3 is 33.4 Å². The number of likely N-dealkylation sites (tertiary alicyclic amines) is 2. The number of ether oxygens (including phenoxy) is 8. The Kier molecular flexibility index (Phi) is 50.3. The summed E-state index contributed by atoms with van der Waals surface area (Å²) in [5.74, 6) is -13.1. The molecule has 3 aliphatic heterocycles. The van der Waals surface area contributed by atoms with Crippen molar-refractivity contribution >= 4 is 110 Å². The van der Waals surface area contributed by atoms with Crippen molar-refractivity contribution in [2.75, 3.05) is 132 Å². The Morgan fingerprint density at radius 2 is 1.26 bits per heavy atom. The van der Waals surface area contributed by atoms with Crippen molar-refractivity contribution in [3.63, 3.8) is 0 Å². The van der Waals surface area contributed by atoms with E-state index >= 15 is 0 Å². The number of imide groups is 1. The van der Waals surface area contributed by atoms with E-state index in [-0.39, 0.29) is 139 Å². The average molecular weight is 1980 g/mol. The summed E-state index contributed by atoms with van der Waals surface area (Å²) < 4.78 is 81.0. The minimum absolute atomic E-state index is 0.0218. The monoisotopic (exact) mass is 1980 g/mol. The van der Waals surface area contributed by atoms with Crippen molar-refractivity contribution in [3.8, 4) is 0 Å². The summed E-state index contributed by atoms with van der Waals surface area (Å²) in [4.78, 5) is 237. The number of urea groups is 1. The zero-order chi connectivity index (χ0) is 102. The van der Waals surface area contributed by atoms with Crippen molar-refractivity contribution in [1.82, 2.24) is 62.1 Å². The Bertz CT molecular complexity index is 4380. The number of cyclic esters (lactones) is 1. The number of benzene rings is 2. The van der Waals surface area contributed by atoms with E-state index in [1.54, 1.807) is 74.9 Å². The first-order valence-electron chi connectivity index (χ1n) is 46.0. The van der Waals surface area contributed by atoms with Crippen LogP contribution in [0.1, 0.15) is 158 Å². The summed E-state index contributed by atoms with van der Waals surface area (Å²) in [5, 5.41) is 43.7. The third kappa shape index (κ3) is 38.8. The summed E-state index contributed by atoms with van der Waals surface area (Å²) in [6.07, 6.45) is -9.36. The molecule has 0 aliphatic carbocycles. The zero-order valence-electron chi connectivity index (χ0n) is 81.0. The molecule has 46 nitrogen and oxygen atoms in total. The van der Waals surface area contributed by atoms with Crippen LogP contribution in [0, 0.1) is 35.5 Å². The van der Waals surface area contributed by atoms with Gasteiger partial charge in [-0.2, -0.15) is 0 Å². The second-order valence-corrected chi connectivity index (χ2v) is 38.6. The predicted octanol–water partition coefficient (Wildman–Crippen LogP) is 0.312. The molecule has 0 bridgehead atoms. The van der Waals surface area contributed by atoms with Crippen molar-refractivity contribution in [1.29, 1.82) is 0 Å². The molecule has 48 heteroatoms. The number of carbonyl (C=O) groups excluding carboxylic acids is 15. The second-order valence-electron chi connectivity index (χ2n) is 35.4. The molecule has 16 N–H and O–H groups in total. The molecular formula is C89H144N14O32P2. The van der Waals surface area contributed by atoms with Crippen LogP contribution in [0.2, 0.25) is 0 Å². The van der Waals surface area contributed by atoms with Gasteiger partial charge in [-0.25, -0.2) is 14.2 Å². The molecule has 3 aliphatic rings. The standard InChI is InChI=1S/C89H144N14O32P2/c1-17-54(8)75(101(14)87(118)73(52(4)5)99-85(116)74(53(6)7)100(12)13)65(126-15)47-69(106)102-35-22-26-63(102)78(127-16)56(10)80(111)94-57(11)79(59-23-19-18-20-24-59)135-137(124,125)133-49-58-27-29-60(30-28-58)95-81(112)61(25-21-33-92-89(90)120)97-84(115)72(51(2)3)98-82(113)62(46-71(108)132-50-66-76(109)77(110)88(119)134-66)96-68(105)31-36-128-38-40-130-42-43-131-41-39-129-37-34-91-83(114)64(103-70(107)45-55(9)86(103)117)48-93-67(104)32-44-136(121,122)123/h18-20,23-24,27-30,51-57,61-66,72-79,109-110H,17,21-22,25-26,31-50H2,1-16H3,(H,91,114)(H,93,104)(H,94,111)(H,95,112)(H,96,105)(H,97,115)(H,98,113)(H,99,116)(H,124,125)(H3,90,92,120)(H2,121,122,123)/t54-,55?,56+,57+,61-,62-,63-,64-,65+,66?,72-,73-,74-,75-,76?,77?,78+,79+/m0/s1. The topological polar surface area (TPSA) is 631 Å². The fraction of sp³-hybridized carbons (Fsp3) is 0.697. The van der Waals surface area contributed by atoms with Crippen LogP contribution in [0.3, 0.4) is 0 Å². The summed E-state index contributed by atoms with van der Waals surface area (Å²) in [6, 6.07) is 3.59. The molecule has 5 unspecified atom stereocenters. The fourth-order valence-electron chi connectivity index (χ4n) is 15.9. The molecule has 137 heavy (non-hydrogen) atoms. The van der Waals surface area contributed by atoms with E-state index in [0.717, 1.165) is 4.90 Å². The van der Waals surface area contributed by atoms with Gasteiger partial charge in [0.1, 0.15) is 49.0 Å². The number of anilines is 1. The smallest absolute Gasteiger partial charge is 0.462 e. The third-order valence-electron chi connectivity index (χ3n) is 23.5. The minimum atomic E-state index is -5.04. The molecule has 3 saturated heterocycles. The highest BCUT2D eigenvalue weighted by atomic mass is 31.2. The zero-order valence-corrected chi connectivity index (χ0v) is 82.8. The number of phosphoric acid groups is 1. The number of amides is 14. The van der Waals surface area contributed by atoms with Gasteiger partial charge in [0.15, 0.2) is 12.2 Å². The fourth-order valence-corrected chi connectivity index (χ4v) is 17.4. The third-order valence-corrected chi connectivity index (χ3v) is 25.3. The van der Waals surface area contributed by atoms with Crippen molar-refractivity contribution in [3.05, 3.63) is 65.7 Å². The number of nitrogens with zero attached hydrogens (tertiary/aromatic N) is 4. The first-order chi connectivity index (χ1) is 64.6. The van der Waals surface area contributed by atoms with Gasteiger partial charge in [-0.1, -0.05) is 118 Å². The number of hydrogen-bond acceptors (Lipinski definition) is 30. The first kappa shape index (κ1) is 118. The molecular weight excluding hydrogens is 1840 g/mol. The Morgan fingerprint density at radius 3 is 1.81 bits per heavy atom. The quantitative estimate of drug-likeness (QED) is 0.0183. The van der Waals surface area contributed by atoms with Gasteiger partial charge in [0, 0.05) is 78.3 Å². The number of aliphatic hydroxyl groups is 2. The van der Waals surface area contributed by atoms with Crippen LogP contribution in [0.4, 0.5) is 10.5 Å². The molecule has 2 aromatic carbocycles. The van der Waals surface area contributed by atoms with Gasteiger partial charge in [0.2, 0.25) is 70.9 Å². The lowest BCUT2D eigenvalue weighted by molar-refractivity contribution is -0.156. The highest BCUT2D eigenvalue weighted by Crippen LogP contribution is 2.50. The number of hydrogen-bond donors (Lipinski definition) is 15. The number of nitrogens with two attached hydrogens (primary N) is 1. The van der Waals surface area contributed by atoms with Crippen molar-refractivity contribution in [2.24, 2.45) is 41.2 Å². The number of methoxy groups -OCH3 is 2. The van der Waals surface area contributed by atoms with Gasteiger partial charge in [0.25, 0.3) is 0 Å². The summed E-state index contributed by atoms with van der Waals surface area (Å²) in [7, 11) is -1.31. The maximum atomic E-state index is 14.7. The van der Waals surface area contributed by atoms with E-state index < -0.39 is 234 Å². The highest BCUT2D eigenvalue weighted by Gasteiger charge is 2.48. The van der Waals surface area contributed by atoms with Crippen LogP contribution in [-0.4, -0.2) is 345 Å². The molecule has 19 atom stereocenters. The van der Waals surface area contributed by atoms with Crippen LogP contribution in [0.5, 0.6) is 0 Å². The highest BCUT2D eigenvalue weighted by molar-refractivity contribution is 7.51. The lowest BCUT2D eigenvalue weighted by Gasteiger charge is -2.41. The Hall–Kier alpha value is -9.61. The van der Waals surface area contributed by atoms with Crippen molar-refractivity contribution in [2.45, 2.75) is 238 Å². The lowest BCUT2D eigenvalue weighted by Crippen LogP contribution is -2.59. The van der Waals surface area contributed by atoms with Gasteiger partial charge in [-0.3, -0.25) is 85.7 Å². The van der Waals surface area contributed by atoms with E-state index in [2.05, 4.69) is 47.9 Å². The molecule has 14 amide bonds. The average Bonchev–Trinajstić information content (AvgIpc) is 1.75. The number of rotatable bonds is 63. The van der Waals surface area contributed by atoms with Crippen LogP contribution in [0.15, 0.2) is 54.6 Å². The molecule has 5 rings (SSSR count). The Morgan fingerprint density at radius 1 is 0.650 bits per heavy atom. The molecule has 0 spiro atoms. The van der Waals surface area contributed by atoms with Gasteiger partial charge in [-0.05, 0) is 93.6 Å². The maximum absolute atomic E-state index is 14.7. The molecule has 0 radical (unpaired) electrons. The van der Waals surface area contributed by atoms with Crippen LogP contribution in [-0.2, 0) is 130 Å². The van der Waals surface area contributed by atoms with E-state index in [1.165, 1.54) is 45.4 Å². The summed E-state index contributed by atoms with van der Waals surface area (Å²) in [5.41, 5.74) is 6.16. The number of phosphoric ester groups is 1. The number of primary amides is 1. The minimum Gasteiger partial charge on any atom is -0.462 e. The van der Waals surface area contributed by atoms with Gasteiger partial charge in [0.05, 0.1) is 121 Å². The SMILES string of the molecule is CC[C@H](C)[C@@H]([C@@H](CC(=O)N1CCC[C@H]1[C@H](OC)[C@@H](C)C(=O)N[C@H](C)[C@@H](OP(=O)(O)OCc1ccc(NC(=O)[C@H](CCCNC(N)=O)NC(=O)[C@@H](NC(=O)[C@H](CC(=O)OCC2OC(=O)C(O)C2O)NC(=O)CCOCCOCCOCCOCCNC(=O)[C@H](CNC(=O)CCP(=O)(O)O)N2C(=O)CC(C)C2=O)C(C)C)cc1)c1ccccc1)OC)N(C)C(=O)[C@@H](NC(=O)[C@H](C(C)C)N(C)C)C(C)C. The summed E-state index contributed by atoms with van der Waals surface area (Å²) >= 11 is 0. The normalized spacial score (nSPS) is 19.5. The van der Waals surface area contributed by atoms with Gasteiger partial charge in [-0.15, -0.1) is 0 Å². The number of aliphatic hydroxyl groups excluding tert-OH is 2. The molecule has 772 valence electrons. The van der Waals surface area contributed by atoms with E-state index in [0.29, 0.717) is 36.9 Å². The van der Waals surface area contributed by atoms with Crippen molar-refractivity contribution < 1.29 is 153 Å². The maximum Gasteiger partial charge on any atom is 0.473 e. The van der Waals surface area contributed by atoms with Crippen LogP contribution in [0.25, 0.3) is 0 Å². The van der Waals surface area contributed by atoms with E-state index in [4.69, 9.17) is 62.5 Å². The number of likely N-dealkylation sites (N-methyl/N-ethyl adjacent to an activating group) is 2. The molecule has 3 heterocycles. The lowest BCUT2D eigenvalue weighted by atomic mass is 9.89. The van der Waals surface area contributed by atoms with Crippen LogP contribution < -0.4 is 53.6 Å². The summed E-state index contributed by atoms with van der Waals surface area (Å²) in [6.45, 7) is 17.9.